The number of hydrogen-bond acceptors (Lipinski definition) is 6. The third-order valence-corrected chi connectivity index (χ3v) is 4.55. The second-order valence-corrected chi connectivity index (χ2v) is 6.61. The molecule has 8 heteroatoms. The molecule has 0 radical (unpaired) electrons. The highest BCUT2D eigenvalue weighted by Crippen LogP contribution is 2.35. The minimum absolute atomic E-state index is 0.0170. The first-order chi connectivity index (χ1) is 14.9. The summed E-state index contributed by atoms with van der Waals surface area (Å²) >= 11 is 0. The van der Waals surface area contributed by atoms with E-state index >= 15 is 0 Å². The first-order valence-corrected chi connectivity index (χ1v) is 9.54. The third-order valence-electron chi connectivity index (χ3n) is 4.55. The molecule has 1 heterocycles. The van der Waals surface area contributed by atoms with Crippen LogP contribution in [0.5, 0.6) is 17.2 Å². The monoisotopic (exact) mass is 422 g/mol. The number of methoxy groups -OCH3 is 1. The Labute approximate surface area is 179 Å². The molecule has 160 valence electrons. The lowest BCUT2D eigenvalue weighted by molar-refractivity contribution is -0.122. The molecule has 0 spiro atoms. The van der Waals surface area contributed by atoms with Crippen LogP contribution in [0.3, 0.4) is 0 Å². The second-order valence-electron chi connectivity index (χ2n) is 6.61. The Morgan fingerprint density at radius 3 is 2.48 bits per heavy atom. The van der Waals surface area contributed by atoms with Crippen LogP contribution in [0.1, 0.15) is 18.1 Å². The normalized spacial score (nSPS) is 15.1. The Hall–Kier alpha value is -4.07. The summed E-state index contributed by atoms with van der Waals surface area (Å²) < 4.78 is 11.1. The highest BCUT2D eigenvalue weighted by atomic mass is 16.5. The minimum atomic E-state index is -0.866. The highest BCUT2D eigenvalue weighted by molar-refractivity contribution is 6.39. The zero-order valence-electron chi connectivity index (χ0n) is 17.2. The van der Waals surface area contributed by atoms with Gasteiger partial charge in [0.1, 0.15) is 11.3 Å². The molecule has 1 saturated heterocycles. The second kappa shape index (κ2) is 9.17. The smallest absolute Gasteiger partial charge is 0.335 e. The van der Waals surface area contributed by atoms with Crippen molar-refractivity contribution in [2.24, 2.45) is 0 Å². The molecule has 0 atom stereocenters. The first kappa shape index (κ1) is 21.6. The Morgan fingerprint density at radius 1 is 1.16 bits per heavy atom. The first-order valence-electron chi connectivity index (χ1n) is 9.54. The number of benzene rings is 2. The van der Waals surface area contributed by atoms with Gasteiger partial charge in [-0.1, -0.05) is 6.08 Å². The van der Waals surface area contributed by atoms with Crippen molar-refractivity contribution < 1.29 is 29.0 Å². The van der Waals surface area contributed by atoms with Crippen molar-refractivity contribution in [3.05, 3.63) is 65.8 Å². The number of anilines is 1. The average molecular weight is 422 g/mol. The van der Waals surface area contributed by atoms with Crippen molar-refractivity contribution in [2.45, 2.75) is 13.3 Å². The van der Waals surface area contributed by atoms with Gasteiger partial charge >= 0.3 is 6.03 Å². The summed E-state index contributed by atoms with van der Waals surface area (Å²) in [6, 6.07) is 8.04. The maximum absolute atomic E-state index is 13.0. The molecule has 1 aliphatic rings. The predicted octanol–water partition coefficient (Wildman–Crippen LogP) is 3.19. The number of phenols is 1. The van der Waals surface area contributed by atoms with Gasteiger partial charge in [-0.25, -0.2) is 9.69 Å². The lowest BCUT2D eigenvalue weighted by Crippen LogP contribution is -2.54. The molecular formula is C23H22N2O6. The summed E-state index contributed by atoms with van der Waals surface area (Å²) in [6.07, 6.45) is 3.58. The number of ether oxygens (including phenoxy) is 2. The van der Waals surface area contributed by atoms with Gasteiger partial charge in [0.25, 0.3) is 11.8 Å². The summed E-state index contributed by atoms with van der Waals surface area (Å²) in [5, 5.41) is 11.6. The molecule has 3 rings (SSSR count). The Morgan fingerprint density at radius 2 is 1.87 bits per heavy atom. The quantitative estimate of drug-likeness (QED) is 0.403. The van der Waals surface area contributed by atoms with Crippen LogP contribution in [-0.2, 0) is 16.0 Å². The number of aromatic hydroxyl groups is 1. The molecule has 0 aromatic heterocycles. The van der Waals surface area contributed by atoms with E-state index in [2.05, 4.69) is 11.9 Å². The van der Waals surface area contributed by atoms with Gasteiger partial charge in [-0.2, -0.15) is 0 Å². The summed E-state index contributed by atoms with van der Waals surface area (Å²) in [5.74, 6) is -0.590. The van der Waals surface area contributed by atoms with Crippen LogP contribution in [0.25, 0.3) is 6.08 Å². The molecule has 4 amide bonds. The molecule has 2 aromatic rings. The van der Waals surface area contributed by atoms with Crippen molar-refractivity contribution in [1.82, 2.24) is 5.32 Å². The molecule has 2 aromatic carbocycles. The number of imide groups is 2. The number of nitrogens with zero attached hydrogens (tertiary/aromatic N) is 1. The number of barbiturate groups is 1. The van der Waals surface area contributed by atoms with E-state index in [4.69, 9.17) is 9.47 Å². The number of carbonyl (C=O) groups excluding carboxylic acids is 3. The number of allylic oxidation sites excluding steroid dienone is 1. The maximum Gasteiger partial charge on any atom is 0.335 e. The van der Waals surface area contributed by atoms with Gasteiger partial charge in [0.2, 0.25) is 0 Å². The van der Waals surface area contributed by atoms with Crippen molar-refractivity contribution >= 4 is 29.6 Å². The van der Waals surface area contributed by atoms with Gasteiger partial charge in [0.15, 0.2) is 11.5 Å². The molecule has 31 heavy (non-hydrogen) atoms. The number of urea groups is 1. The van der Waals surface area contributed by atoms with Crippen LogP contribution in [0.15, 0.2) is 54.6 Å². The fraction of sp³-hybridized carbons (Fsp3) is 0.174. The molecule has 2 N–H and O–H groups in total. The van der Waals surface area contributed by atoms with Gasteiger partial charge in [0, 0.05) is 5.56 Å². The van der Waals surface area contributed by atoms with Gasteiger partial charge < -0.3 is 14.6 Å². The predicted molar refractivity (Wildman–Crippen MR) is 115 cm³/mol. The third kappa shape index (κ3) is 4.42. The van der Waals surface area contributed by atoms with Gasteiger partial charge in [0.05, 0.1) is 19.4 Å². The lowest BCUT2D eigenvalue weighted by Gasteiger charge is -2.26. The van der Waals surface area contributed by atoms with Crippen molar-refractivity contribution in [3.63, 3.8) is 0 Å². The standard InChI is InChI=1S/C23H22N2O6/c1-4-6-15-11-14(13-19(30-3)20(15)31-5-2)12-18-21(27)24-23(29)25(22(18)28)16-7-9-17(26)10-8-16/h4,7-13,26H,1,5-6H2,2-3H3,(H,24,27,29)/b18-12+. The van der Waals surface area contributed by atoms with Crippen molar-refractivity contribution in [1.29, 1.82) is 0 Å². The van der Waals surface area contributed by atoms with E-state index in [1.807, 2.05) is 6.92 Å². The van der Waals surface area contributed by atoms with Gasteiger partial charge in [-0.05, 0) is 61.4 Å². The molecule has 0 bridgehead atoms. The molecule has 0 saturated carbocycles. The van der Waals surface area contributed by atoms with Crippen LogP contribution in [0, 0.1) is 0 Å². The molecule has 1 fully saturated rings. The van der Waals surface area contributed by atoms with E-state index in [0.717, 1.165) is 10.5 Å². The molecular weight excluding hydrogens is 400 g/mol. The Balaban J connectivity index is 2.06. The number of phenolic OH excluding ortho intramolecular Hbond substituents is 1. The van der Waals surface area contributed by atoms with E-state index < -0.39 is 17.8 Å². The number of nitrogens with one attached hydrogen (secondary N) is 1. The van der Waals surface area contributed by atoms with Gasteiger partial charge in [-0.15, -0.1) is 6.58 Å². The average Bonchev–Trinajstić information content (AvgIpc) is 2.74. The van der Waals surface area contributed by atoms with Crippen molar-refractivity contribution in [2.75, 3.05) is 18.6 Å². The fourth-order valence-corrected chi connectivity index (χ4v) is 3.19. The lowest BCUT2D eigenvalue weighted by atomic mass is 10.0. The number of carbonyl (C=O) groups is 3. The van der Waals surface area contributed by atoms with Crippen molar-refractivity contribution in [3.8, 4) is 17.2 Å². The highest BCUT2D eigenvalue weighted by Gasteiger charge is 2.36. The largest absolute Gasteiger partial charge is 0.508 e. The minimum Gasteiger partial charge on any atom is -0.508 e. The number of amides is 4. The van der Waals surface area contributed by atoms with E-state index in [-0.39, 0.29) is 17.0 Å². The SMILES string of the molecule is C=CCc1cc(/C=C2\C(=O)NC(=O)N(c3ccc(O)cc3)C2=O)cc(OC)c1OCC. The Bertz CT molecular complexity index is 1070. The van der Waals surface area contributed by atoms with E-state index in [0.29, 0.717) is 30.1 Å². The molecule has 1 aliphatic heterocycles. The van der Waals surface area contributed by atoms with E-state index in [9.17, 15) is 19.5 Å². The number of rotatable bonds is 7. The summed E-state index contributed by atoms with van der Waals surface area (Å²) in [4.78, 5) is 38.6. The Kier molecular flexibility index (Phi) is 6.40. The molecule has 0 aliphatic carbocycles. The maximum atomic E-state index is 13.0. The van der Waals surface area contributed by atoms with Crippen LogP contribution in [0.2, 0.25) is 0 Å². The summed E-state index contributed by atoms with van der Waals surface area (Å²) in [6.45, 7) is 6.04. The molecule has 8 nitrogen and oxygen atoms in total. The van der Waals surface area contributed by atoms with Crippen LogP contribution in [0.4, 0.5) is 10.5 Å². The van der Waals surface area contributed by atoms with Crippen LogP contribution >= 0.6 is 0 Å². The van der Waals surface area contributed by atoms with Crippen LogP contribution < -0.4 is 19.7 Å². The van der Waals surface area contributed by atoms with E-state index in [1.165, 1.54) is 37.5 Å². The summed E-state index contributed by atoms with van der Waals surface area (Å²) in [5.41, 5.74) is 1.30. The topological polar surface area (TPSA) is 105 Å². The zero-order valence-corrected chi connectivity index (χ0v) is 17.2. The van der Waals surface area contributed by atoms with Crippen LogP contribution in [-0.4, -0.2) is 36.7 Å². The van der Waals surface area contributed by atoms with E-state index in [1.54, 1.807) is 18.2 Å². The molecule has 0 unspecified atom stereocenters. The fourth-order valence-electron chi connectivity index (χ4n) is 3.19. The zero-order chi connectivity index (χ0) is 22.5. The van der Waals surface area contributed by atoms with Gasteiger partial charge in [-0.3, -0.25) is 14.9 Å². The summed E-state index contributed by atoms with van der Waals surface area (Å²) in [7, 11) is 1.50. The number of hydrogen-bond donors (Lipinski definition) is 2.